The molecule has 5 heteroatoms. The highest BCUT2D eigenvalue weighted by Gasteiger charge is 2.14. The first kappa shape index (κ1) is 9.71. The van der Waals surface area contributed by atoms with Crippen LogP contribution in [0.1, 0.15) is 13.8 Å². The van der Waals surface area contributed by atoms with Crippen molar-refractivity contribution in [1.82, 2.24) is 0 Å². The van der Waals surface area contributed by atoms with Crippen LogP contribution in [-0.4, -0.2) is 18.7 Å². The van der Waals surface area contributed by atoms with Gasteiger partial charge in [0, 0.05) is 0 Å². The molecule has 0 saturated heterocycles. The minimum Gasteiger partial charge on any atom is -0.464 e. The number of rotatable bonds is 4. The van der Waals surface area contributed by atoms with Crippen LogP contribution in [0, 0.1) is 0 Å². The molecule has 3 nitrogen and oxygen atoms in total. The second-order valence-corrected chi connectivity index (χ2v) is 1.87. The lowest BCUT2D eigenvalue weighted by Crippen LogP contribution is -2.20. The van der Waals surface area contributed by atoms with Crippen LogP contribution >= 0.6 is 12.4 Å². The molecule has 0 amide bonds. The van der Waals surface area contributed by atoms with Crippen molar-refractivity contribution in [2.24, 2.45) is 0 Å². The molecule has 0 heterocycles. The van der Waals surface area contributed by atoms with Gasteiger partial charge in [-0.05, 0) is 13.8 Å². The largest absolute Gasteiger partial charge is 0.464 e. The Balaban J connectivity index is 3.49. The molecule has 0 bridgehead atoms. The number of esters is 1. The Morgan fingerprint density at radius 2 is 2.40 bits per heavy atom. The molecular formula is C5H9FO3S. The third-order valence-electron chi connectivity index (χ3n) is 0.799. The molecule has 0 aliphatic carbocycles. The highest BCUT2D eigenvalue weighted by molar-refractivity contribution is 7.89. The van der Waals surface area contributed by atoms with Crippen molar-refractivity contribution in [1.29, 1.82) is 0 Å². The Morgan fingerprint density at radius 1 is 1.80 bits per heavy atom. The SMILES string of the molecule is CCOC(=O)C(C)OSF. The molecule has 0 aromatic heterocycles. The number of hydrogen-bond acceptors (Lipinski definition) is 4. The van der Waals surface area contributed by atoms with Gasteiger partial charge in [-0.25, -0.2) is 4.79 Å². The molecule has 0 spiro atoms. The lowest BCUT2D eigenvalue weighted by molar-refractivity contribution is -0.150. The van der Waals surface area contributed by atoms with Gasteiger partial charge in [-0.15, -0.1) is 3.89 Å². The third kappa shape index (κ3) is 3.68. The fraction of sp³-hybridized carbons (Fsp3) is 0.800. The van der Waals surface area contributed by atoms with Gasteiger partial charge in [-0.2, -0.15) is 0 Å². The summed E-state index contributed by atoms with van der Waals surface area (Å²) in [6.07, 6.45) is -0.838. The van der Waals surface area contributed by atoms with E-state index >= 15 is 0 Å². The summed E-state index contributed by atoms with van der Waals surface area (Å²) in [5.74, 6) is -0.548. The molecule has 0 N–H and O–H groups in total. The van der Waals surface area contributed by atoms with E-state index in [1.807, 2.05) is 0 Å². The van der Waals surface area contributed by atoms with Gasteiger partial charge in [-0.1, -0.05) is 0 Å². The average Bonchev–Trinajstić information content (AvgIpc) is 1.89. The van der Waals surface area contributed by atoms with Crippen LogP contribution in [0.5, 0.6) is 0 Å². The highest BCUT2D eigenvalue weighted by Crippen LogP contribution is 2.08. The highest BCUT2D eigenvalue weighted by atomic mass is 32.2. The van der Waals surface area contributed by atoms with Crippen molar-refractivity contribution in [2.45, 2.75) is 20.0 Å². The van der Waals surface area contributed by atoms with Crippen LogP contribution in [0.25, 0.3) is 0 Å². The van der Waals surface area contributed by atoms with E-state index in [9.17, 15) is 8.68 Å². The summed E-state index contributed by atoms with van der Waals surface area (Å²) in [6.45, 7) is 3.38. The van der Waals surface area contributed by atoms with E-state index in [1.54, 1.807) is 6.92 Å². The van der Waals surface area contributed by atoms with E-state index in [4.69, 9.17) is 0 Å². The van der Waals surface area contributed by atoms with E-state index in [2.05, 4.69) is 8.92 Å². The molecular weight excluding hydrogens is 159 g/mol. The summed E-state index contributed by atoms with van der Waals surface area (Å²) in [7, 11) is 0. The Hall–Kier alpha value is -0.290. The summed E-state index contributed by atoms with van der Waals surface area (Å²) in [5.41, 5.74) is 0. The second-order valence-electron chi connectivity index (χ2n) is 1.55. The number of carbonyl (C=O) groups is 1. The summed E-state index contributed by atoms with van der Waals surface area (Å²) >= 11 is -0.337. The predicted molar refractivity (Wildman–Crippen MR) is 35.9 cm³/mol. The Labute approximate surface area is 63.4 Å². The van der Waals surface area contributed by atoms with Crippen molar-refractivity contribution in [3.8, 4) is 0 Å². The van der Waals surface area contributed by atoms with Gasteiger partial charge in [0.25, 0.3) is 0 Å². The maximum Gasteiger partial charge on any atom is 0.336 e. The zero-order valence-corrected chi connectivity index (χ0v) is 6.61. The van der Waals surface area contributed by atoms with Gasteiger partial charge in [0.2, 0.25) is 12.4 Å². The number of halogens is 1. The lowest BCUT2D eigenvalue weighted by Gasteiger charge is -2.06. The zero-order chi connectivity index (χ0) is 7.98. The van der Waals surface area contributed by atoms with Gasteiger partial charge < -0.3 is 4.74 Å². The van der Waals surface area contributed by atoms with Gasteiger partial charge >= 0.3 is 5.97 Å². The maximum atomic E-state index is 11.3. The Kier molecular flexibility index (Phi) is 5.33. The molecule has 1 atom stereocenters. The van der Waals surface area contributed by atoms with Crippen molar-refractivity contribution in [2.75, 3.05) is 6.61 Å². The third-order valence-corrected chi connectivity index (χ3v) is 1.16. The summed E-state index contributed by atoms with van der Waals surface area (Å²) < 4.78 is 20.1. The van der Waals surface area contributed by atoms with Crippen molar-refractivity contribution < 1.29 is 17.6 Å². The lowest BCUT2D eigenvalue weighted by atomic mass is 10.4. The minimum atomic E-state index is -0.838. The molecule has 0 aromatic rings. The number of hydrogen-bond donors (Lipinski definition) is 0. The molecule has 1 unspecified atom stereocenters. The molecule has 0 saturated carbocycles. The molecule has 0 aliphatic heterocycles. The number of ether oxygens (including phenoxy) is 1. The summed E-state index contributed by atoms with van der Waals surface area (Å²) in [4.78, 5) is 10.6. The zero-order valence-electron chi connectivity index (χ0n) is 5.80. The van der Waals surface area contributed by atoms with E-state index in [-0.39, 0.29) is 19.0 Å². The molecule has 0 aromatic carbocycles. The molecule has 0 fully saturated rings. The van der Waals surface area contributed by atoms with Gasteiger partial charge in [-0.3, -0.25) is 4.18 Å². The first-order valence-electron chi connectivity index (χ1n) is 2.83. The van der Waals surface area contributed by atoms with Crippen molar-refractivity contribution in [3.63, 3.8) is 0 Å². The van der Waals surface area contributed by atoms with Crippen LogP contribution < -0.4 is 0 Å². The molecule has 0 rings (SSSR count). The summed E-state index contributed by atoms with van der Waals surface area (Å²) in [5, 5.41) is 0. The predicted octanol–water partition coefficient (Wildman–Crippen LogP) is 1.49. The van der Waals surface area contributed by atoms with Gasteiger partial charge in [0.1, 0.15) is 0 Å². The van der Waals surface area contributed by atoms with Gasteiger partial charge in [0.15, 0.2) is 6.10 Å². The standard InChI is InChI=1S/C5H9FO3S/c1-3-8-5(7)4(2)9-10-6/h4H,3H2,1-2H3. The fourth-order valence-electron chi connectivity index (χ4n) is 0.353. The quantitative estimate of drug-likeness (QED) is 0.470. The number of carbonyl (C=O) groups excluding carboxylic acids is 1. The van der Waals surface area contributed by atoms with Crippen molar-refractivity contribution in [3.05, 3.63) is 0 Å². The molecule has 10 heavy (non-hydrogen) atoms. The normalized spacial score (nSPS) is 12.7. The molecule has 0 aliphatic rings. The van der Waals surface area contributed by atoms with E-state index in [1.165, 1.54) is 6.92 Å². The molecule has 60 valence electrons. The summed E-state index contributed by atoms with van der Waals surface area (Å²) in [6, 6.07) is 0. The van der Waals surface area contributed by atoms with E-state index < -0.39 is 12.1 Å². The maximum absolute atomic E-state index is 11.3. The second kappa shape index (κ2) is 5.49. The van der Waals surface area contributed by atoms with Crippen molar-refractivity contribution >= 4 is 18.4 Å². The fourth-order valence-corrected chi connectivity index (χ4v) is 0.541. The average molecular weight is 168 g/mol. The smallest absolute Gasteiger partial charge is 0.336 e. The Bertz CT molecular complexity index is 109. The Morgan fingerprint density at radius 3 is 2.80 bits per heavy atom. The van der Waals surface area contributed by atoms with Crippen LogP contribution in [0.2, 0.25) is 0 Å². The minimum absolute atomic E-state index is 0.281. The first-order valence-corrected chi connectivity index (χ1v) is 3.47. The van der Waals surface area contributed by atoms with Crippen LogP contribution in [0.15, 0.2) is 0 Å². The molecule has 0 radical (unpaired) electrons. The van der Waals surface area contributed by atoms with E-state index in [0.29, 0.717) is 0 Å². The van der Waals surface area contributed by atoms with Crippen LogP contribution in [-0.2, 0) is 13.7 Å². The first-order chi connectivity index (χ1) is 4.72. The monoisotopic (exact) mass is 168 g/mol. The van der Waals surface area contributed by atoms with E-state index in [0.717, 1.165) is 0 Å². The van der Waals surface area contributed by atoms with Gasteiger partial charge in [0.05, 0.1) is 6.61 Å². The van der Waals surface area contributed by atoms with Crippen LogP contribution in [0.3, 0.4) is 0 Å². The topological polar surface area (TPSA) is 35.5 Å². The van der Waals surface area contributed by atoms with Crippen LogP contribution in [0.4, 0.5) is 3.89 Å².